The van der Waals surface area contributed by atoms with Crippen LogP contribution < -0.4 is 5.32 Å². The van der Waals surface area contributed by atoms with E-state index in [1.165, 1.54) is 57.2 Å². The monoisotopic (exact) mass is 243 g/mol. The van der Waals surface area contributed by atoms with Crippen LogP contribution in [0.3, 0.4) is 0 Å². The SMILES string of the molecule is CCNC1CCN(CCN2CCSCC2)C1. The molecular formula is C12H25N3S. The third-order valence-corrected chi connectivity index (χ3v) is 4.54. The number of nitrogens with zero attached hydrogens (tertiary/aromatic N) is 2. The summed E-state index contributed by atoms with van der Waals surface area (Å²) < 4.78 is 0. The summed E-state index contributed by atoms with van der Waals surface area (Å²) in [5, 5.41) is 3.55. The van der Waals surface area contributed by atoms with E-state index in [2.05, 4.69) is 33.8 Å². The molecule has 1 N–H and O–H groups in total. The Morgan fingerprint density at radius 1 is 1.12 bits per heavy atom. The van der Waals surface area contributed by atoms with Gasteiger partial charge in [0.25, 0.3) is 0 Å². The first-order valence-electron chi connectivity index (χ1n) is 6.64. The highest BCUT2D eigenvalue weighted by atomic mass is 32.2. The van der Waals surface area contributed by atoms with Gasteiger partial charge in [0.2, 0.25) is 0 Å². The second kappa shape index (κ2) is 6.84. The van der Waals surface area contributed by atoms with E-state index in [-0.39, 0.29) is 0 Å². The highest BCUT2D eigenvalue weighted by Gasteiger charge is 2.21. The maximum Gasteiger partial charge on any atom is 0.0207 e. The molecule has 0 aromatic rings. The molecule has 0 aromatic heterocycles. The highest BCUT2D eigenvalue weighted by Crippen LogP contribution is 2.11. The fraction of sp³-hybridized carbons (Fsp3) is 1.00. The molecule has 94 valence electrons. The normalized spacial score (nSPS) is 28.7. The fourth-order valence-electron chi connectivity index (χ4n) is 2.60. The Morgan fingerprint density at radius 3 is 2.62 bits per heavy atom. The fourth-order valence-corrected chi connectivity index (χ4v) is 3.58. The Bertz CT molecular complexity index is 195. The molecule has 0 spiro atoms. The van der Waals surface area contributed by atoms with Crippen molar-refractivity contribution in [3.05, 3.63) is 0 Å². The van der Waals surface area contributed by atoms with Crippen LogP contribution in [0.4, 0.5) is 0 Å². The van der Waals surface area contributed by atoms with E-state index < -0.39 is 0 Å². The topological polar surface area (TPSA) is 18.5 Å². The summed E-state index contributed by atoms with van der Waals surface area (Å²) in [6, 6.07) is 0.752. The number of hydrogen-bond donors (Lipinski definition) is 1. The Balaban J connectivity index is 1.59. The van der Waals surface area contributed by atoms with Crippen molar-refractivity contribution in [1.29, 1.82) is 0 Å². The van der Waals surface area contributed by atoms with Crippen LogP contribution in [-0.4, -0.2) is 73.2 Å². The van der Waals surface area contributed by atoms with Crippen LogP contribution >= 0.6 is 11.8 Å². The molecule has 1 unspecified atom stereocenters. The van der Waals surface area contributed by atoms with Crippen molar-refractivity contribution >= 4 is 11.8 Å². The van der Waals surface area contributed by atoms with Gasteiger partial charge in [0.05, 0.1) is 0 Å². The van der Waals surface area contributed by atoms with Gasteiger partial charge < -0.3 is 15.1 Å². The standard InChI is InChI=1S/C12H25N3S/c1-2-13-12-3-4-15(11-12)6-5-14-7-9-16-10-8-14/h12-13H,2-11H2,1H3. The molecule has 4 heteroatoms. The molecule has 2 aliphatic rings. The first kappa shape index (κ1) is 12.7. The van der Waals surface area contributed by atoms with Crippen LogP contribution in [-0.2, 0) is 0 Å². The zero-order chi connectivity index (χ0) is 11.2. The maximum absolute atomic E-state index is 3.55. The van der Waals surface area contributed by atoms with Gasteiger partial charge >= 0.3 is 0 Å². The quantitative estimate of drug-likeness (QED) is 0.766. The van der Waals surface area contributed by atoms with Gasteiger partial charge in [-0.15, -0.1) is 0 Å². The predicted octanol–water partition coefficient (Wildman–Crippen LogP) is 0.719. The lowest BCUT2D eigenvalue weighted by Gasteiger charge is -2.28. The molecule has 0 saturated carbocycles. The van der Waals surface area contributed by atoms with Crippen LogP contribution in [0, 0.1) is 0 Å². The van der Waals surface area contributed by atoms with Gasteiger partial charge in [-0.25, -0.2) is 0 Å². The van der Waals surface area contributed by atoms with Gasteiger partial charge in [-0.2, -0.15) is 11.8 Å². The van der Waals surface area contributed by atoms with E-state index >= 15 is 0 Å². The van der Waals surface area contributed by atoms with Gasteiger partial charge in [0.1, 0.15) is 0 Å². The van der Waals surface area contributed by atoms with Crippen LogP contribution in [0.1, 0.15) is 13.3 Å². The molecule has 2 fully saturated rings. The van der Waals surface area contributed by atoms with Gasteiger partial charge in [-0.05, 0) is 19.5 Å². The van der Waals surface area contributed by atoms with Crippen LogP contribution in [0.25, 0.3) is 0 Å². The third kappa shape index (κ3) is 3.91. The number of hydrogen-bond acceptors (Lipinski definition) is 4. The average Bonchev–Trinajstić information content (AvgIpc) is 2.76. The van der Waals surface area contributed by atoms with Crippen molar-refractivity contribution in [3.8, 4) is 0 Å². The molecule has 2 saturated heterocycles. The van der Waals surface area contributed by atoms with Gasteiger partial charge in [-0.1, -0.05) is 6.92 Å². The molecule has 0 aromatic carbocycles. The predicted molar refractivity (Wildman–Crippen MR) is 72.3 cm³/mol. The zero-order valence-corrected chi connectivity index (χ0v) is 11.3. The molecule has 0 radical (unpaired) electrons. The number of nitrogens with one attached hydrogen (secondary N) is 1. The minimum absolute atomic E-state index is 0.752. The van der Waals surface area contributed by atoms with Crippen molar-refractivity contribution in [2.24, 2.45) is 0 Å². The minimum atomic E-state index is 0.752. The summed E-state index contributed by atoms with van der Waals surface area (Å²) in [4.78, 5) is 5.24. The zero-order valence-electron chi connectivity index (χ0n) is 10.5. The van der Waals surface area contributed by atoms with Crippen molar-refractivity contribution in [2.75, 3.05) is 57.3 Å². The number of thioether (sulfide) groups is 1. The maximum atomic E-state index is 3.55. The van der Waals surface area contributed by atoms with Gasteiger partial charge in [0.15, 0.2) is 0 Å². The van der Waals surface area contributed by atoms with Crippen molar-refractivity contribution < 1.29 is 0 Å². The van der Waals surface area contributed by atoms with Crippen molar-refractivity contribution in [3.63, 3.8) is 0 Å². The van der Waals surface area contributed by atoms with E-state index in [0.29, 0.717) is 0 Å². The summed E-state index contributed by atoms with van der Waals surface area (Å²) in [6.45, 7) is 11.0. The molecule has 2 rings (SSSR count). The largest absolute Gasteiger partial charge is 0.313 e. The molecular weight excluding hydrogens is 218 g/mol. The smallest absolute Gasteiger partial charge is 0.0207 e. The first-order valence-corrected chi connectivity index (χ1v) is 7.80. The van der Waals surface area contributed by atoms with Gasteiger partial charge in [0, 0.05) is 50.3 Å². The molecule has 0 amide bonds. The highest BCUT2D eigenvalue weighted by molar-refractivity contribution is 7.99. The number of likely N-dealkylation sites (tertiary alicyclic amines) is 1. The molecule has 0 aliphatic carbocycles. The summed E-state index contributed by atoms with van der Waals surface area (Å²) >= 11 is 2.10. The average molecular weight is 243 g/mol. The third-order valence-electron chi connectivity index (χ3n) is 3.60. The second-order valence-electron chi connectivity index (χ2n) is 4.80. The molecule has 16 heavy (non-hydrogen) atoms. The van der Waals surface area contributed by atoms with Crippen LogP contribution in [0.15, 0.2) is 0 Å². The minimum Gasteiger partial charge on any atom is -0.313 e. The number of likely N-dealkylation sites (N-methyl/N-ethyl adjacent to an activating group) is 1. The van der Waals surface area contributed by atoms with E-state index in [0.717, 1.165) is 12.6 Å². The van der Waals surface area contributed by atoms with Crippen molar-refractivity contribution in [2.45, 2.75) is 19.4 Å². The van der Waals surface area contributed by atoms with E-state index in [1.54, 1.807) is 0 Å². The van der Waals surface area contributed by atoms with Crippen molar-refractivity contribution in [1.82, 2.24) is 15.1 Å². The summed E-state index contributed by atoms with van der Waals surface area (Å²) in [6.07, 6.45) is 1.34. The first-order chi connectivity index (χ1) is 7.88. The van der Waals surface area contributed by atoms with Crippen LogP contribution in [0.2, 0.25) is 0 Å². The lowest BCUT2D eigenvalue weighted by Crippen LogP contribution is -2.39. The van der Waals surface area contributed by atoms with E-state index in [4.69, 9.17) is 0 Å². The molecule has 1 atom stereocenters. The Hall–Kier alpha value is 0.230. The summed E-state index contributed by atoms with van der Waals surface area (Å²) in [7, 11) is 0. The lowest BCUT2D eigenvalue weighted by atomic mass is 10.3. The Morgan fingerprint density at radius 2 is 1.88 bits per heavy atom. The summed E-state index contributed by atoms with van der Waals surface area (Å²) in [5.41, 5.74) is 0. The summed E-state index contributed by atoms with van der Waals surface area (Å²) in [5.74, 6) is 2.67. The van der Waals surface area contributed by atoms with E-state index in [1.807, 2.05) is 0 Å². The molecule has 2 aliphatic heterocycles. The van der Waals surface area contributed by atoms with E-state index in [9.17, 15) is 0 Å². The molecule has 0 bridgehead atoms. The molecule has 2 heterocycles. The number of rotatable bonds is 5. The molecule has 3 nitrogen and oxygen atoms in total. The Kier molecular flexibility index (Phi) is 5.42. The Labute approximate surface area is 104 Å². The van der Waals surface area contributed by atoms with Gasteiger partial charge in [-0.3, -0.25) is 0 Å². The van der Waals surface area contributed by atoms with Crippen LogP contribution in [0.5, 0.6) is 0 Å². The second-order valence-corrected chi connectivity index (χ2v) is 6.02. The lowest BCUT2D eigenvalue weighted by molar-refractivity contribution is 0.237.